The van der Waals surface area contributed by atoms with Gasteiger partial charge in [0.1, 0.15) is 22.8 Å². The molecule has 0 bridgehead atoms. The number of hydrogen-bond donors (Lipinski definition) is 2. The first-order valence-electron chi connectivity index (χ1n) is 10.4. The molecular formula is C23H18F4N4O5. The van der Waals surface area contributed by atoms with Gasteiger partial charge in [0.15, 0.2) is 11.6 Å². The molecule has 1 aliphatic heterocycles. The standard InChI is InChI=1S/C23H18F4N4O5/c1-34-20(32)13-4-7-18(29-12-13)30-21(33)31-22(8-10-35-17-3-2-9-28-19(17)22)14-5-6-16(15(24)11-14)36-23(25,26)27/h2-7,9,11-12H,8,10H2,1H3,(H2,29,30,31,33). The minimum absolute atomic E-state index is 0.0814. The number of aromatic nitrogens is 2. The number of nitrogens with one attached hydrogen (secondary N) is 2. The van der Waals surface area contributed by atoms with Crippen molar-refractivity contribution in [2.45, 2.75) is 18.3 Å². The number of methoxy groups -OCH3 is 1. The van der Waals surface area contributed by atoms with E-state index in [0.29, 0.717) is 5.75 Å². The zero-order chi connectivity index (χ0) is 25.9. The van der Waals surface area contributed by atoms with Crippen LogP contribution >= 0.6 is 0 Å². The van der Waals surface area contributed by atoms with Crippen LogP contribution in [-0.4, -0.2) is 42.0 Å². The minimum atomic E-state index is -5.08. The third-order valence-electron chi connectivity index (χ3n) is 5.31. The fourth-order valence-corrected chi connectivity index (χ4v) is 3.76. The summed E-state index contributed by atoms with van der Waals surface area (Å²) in [4.78, 5) is 32.8. The van der Waals surface area contributed by atoms with Crippen molar-refractivity contribution in [1.29, 1.82) is 0 Å². The number of ether oxygens (including phenoxy) is 3. The molecule has 2 amide bonds. The number of halogens is 4. The van der Waals surface area contributed by atoms with Crippen molar-refractivity contribution < 1.29 is 41.4 Å². The number of carbonyl (C=O) groups excluding carboxylic acids is 2. The molecule has 0 saturated heterocycles. The van der Waals surface area contributed by atoms with Gasteiger partial charge in [0.25, 0.3) is 0 Å². The number of urea groups is 1. The first-order valence-corrected chi connectivity index (χ1v) is 10.4. The Balaban J connectivity index is 1.68. The van der Waals surface area contributed by atoms with Crippen LogP contribution in [0.4, 0.5) is 28.2 Å². The lowest BCUT2D eigenvalue weighted by atomic mass is 9.81. The Morgan fingerprint density at radius 1 is 1.14 bits per heavy atom. The quantitative estimate of drug-likeness (QED) is 0.395. The maximum Gasteiger partial charge on any atom is 0.573 e. The van der Waals surface area contributed by atoms with Crippen LogP contribution in [0.5, 0.6) is 11.5 Å². The number of fused-ring (bicyclic) bond motifs is 1. The molecule has 2 aromatic heterocycles. The molecule has 0 saturated carbocycles. The van der Waals surface area contributed by atoms with E-state index in [4.69, 9.17) is 4.74 Å². The Hall–Kier alpha value is -4.42. The molecule has 9 nitrogen and oxygen atoms in total. The number of hydrogen-bond acceptors (Lipinski definition) is 7. The van der Waals surface area contributed by atoms with Gasteiger partial charge in [0, 0.05) is 18.8 Å². The minimum Gasteiger partial charge on any atom is -0.491 e. The number of nitrogens with zero attached hydrogens (tertiary/aromatic N) is 2. The number of carbonyl (C=O) groups is 2. The van der Waals surface area contributed by atoms with E-state index in [2.05, 4.69) is 30.1 Å². The molecule has 0 spiro atoms. The highest BCUT2D eigenvalue weighted by Crippen LogP contribution is 2.41. The predicted molar refractivity (Wildman–Crippen MR) is 116 cm³/mol. The fourth-order valence-electron chi connectivity index (χ4n) is 3.76. The van der Waals surface area contributed by atoms with Gasteiger partial charge < -0.3 is 19.5 Å². The fraction of sp³-hybridized carbons (Fsp3) is 0.217. The number of esters is 1. The van der Waals surface area contributed by atoms with Crippen molar-refractivity contribution in [3.8, 4) is 11.5 Å². The molecule has 3 heterocycles. The first kappa shape index (κ1) is 24.7. The molecule has 1 unspecified atom stereocenters. The Labute approximate surface area is 201 Å². The Kier molecular flexibility index (Phi) is 6.64. The Bertz CT molecular complexity index is 1290. The Morgan fingerprint density at radius 2 is 1.94 bits per heavy atom. The van der Waals surface area contributed by atoms with Gasteiger partial charge in [-0.15, -0.1) is 13.2 Å². The van der Waals surface area contributed by atoms with E-state index < -0.39 is 35.5 Å². The average molecular weight is 506 g/mol. The highest BCUT2D eigenvalue weighted by Gasteiger charge is 2.43. The summed E-state index contributed by atoms with van der Waals surface area (Å²) in [6.45, 7) is 0.0907. The van der Waals surface area contributed by atoms with Crippen molar-refractivity contribution >= 4 is 17.8 Å². The van der Waals surface area contributed by atoms with Gasteiger partial charge in [-0.2, -0.15) is 0 Å². The van der Waals surface area contributed by atoms with Crippen molar-refractivity contribution in [1.82, 2.24) is 15.3 Å². The molecule has 1 atom stereocenters. The third kappa shape index (κ3) is 5.14. The summed E-state index contributed by atoms with van der Waals surface area (Å²) in [5.74, 6) is -2.52. The van der Waals surface area contributed by atoms with Crippen LogP contribution in [-0.2, 0) is 10.3 Å². The number of amides is 2. The van der Waals surface area contributed by atoms with Gasteiger partial charge >= 0.3 is 18.4 Å². The largest absolute Gasteiger partial charge is 0.573 e. The molecule has 4 rings (SSSR count). The lowest BCUT2D eigenvalue weighted by molar-refractivity contribution is -0.275. The van der Waals surface area contributed by atoms with Crippen molar-refractivity contribution in [2.75, 3.05) is 19.0 Å². The van der Waals surface area contributed by atoms with Crippen LogP contribution < -0.4 is 20.1 Å². The SMILES string of the molecule is COC(=O)c1ccc(NC(=O)NC2(c3ccc(OC(F)(F)F)c(F)c3)CCOc3cccnc32)nc1. The average Bonchev–Trinajstić information content (AvgIpc) is 2.84. The lowest BCUT2D eigenvalue weighted by Crippen LogP contribution is -2.51. The molecule has 0 aliphatic carbocycles. The number of alkyl halides is 3. The summed E-state index contributed by atoms with van der Waals surface area (Å²) < 4.78 is 66.4. The molecular weight excluding hydrogens is 488 g/mol. The normalized spacial score (nSPS) is 16.8. The van der Waals surface area contributed by atoms with Gasteiger partial charge in [-0.05, 0) is 42.0 Å². The lowest BCUT2D eigenvalue weighted by Gasteiger charge is -2.38. The smallest absolute Gasteiger partial charge is 0.491 e. The monoisotopic (exact) mass is 506 g/mol. The van der Waals surface area contributed by atoms with Crippen LogP contribution in [0.2, 0.25) is 0 Å². The van der Waals surface area contributed by atoms with Gasteiger partial charge in [0.2, 0.25) is 0 Å². The highest BCUT2D eigenvalue weighted by molar-refractivity contribution is 5.91. The van der Waals surface area contributed by atoms with E-state index in [-0.39, 0.29) is 35.7 Å². The molecule has 188 valence electrons. The highest BCUT2D eigenvalue weighted by atomic mass is 19.4. The summed E-state index contributed by atoms with van der Waals surface area (Å²) in [5.41, 5.74) is -0.965. The van der Waals surface area contributed by atoms with E-state index in [9.17, 15) is 27.2 Å². The molecule has 0 radical (unpaired) electrons. The zero-order valence-corrected chi connectivity index (χ0v) is 18.6. The van der Waals surface area contributed by atoms with Gasteiger partial charge in [-0.3, -0.25) is 10.3 Å². The summed E-state index contributed by atoms with van der Waals surface area (Å²) in [6, 6.07) is 8.06. The van der Waals surface area contributed by atoms with E-state index in [1.807, 2.05) is 0 Å². The van der Waals surface area contributed by atoms with E-state index in [1.165, 1.54) is 37.7 Å². The van der Waals surface area contributed by atoms with Crippen molar-refractivity contribution in [3.63, 3.8) is 0 Å². The molecule has 1 aromatic carbocycles. The number of anilines is 1. The summed E-state index contributed by atoms with van der Waals surface area (Å²) in [6.07, 6.45) is -2.36. The predicted octanol–water partition coefficient (Wildman–Crippen LogP) is 4.15. The van der Waals surface area contributed by atoms with Crippen LogP contribution in [0.25, 0.3) is 0 Å². The van der Waals surface area contributed by atoms with E-state index in [0.717, 1.165) is 12.1 Å². The number of pyridine rings is 2. The molecule has 3 aromatic rings. The van der Waals surface area contributed by atoms with Crippen LogP contribution in [0.3, 0.4) is 0 Å². The maximum atomic E-state index is 14.6. The van der Waals surface area contributed by atoms with Gasteiger partial charge in [-0.25, -0.2) is 19.0 Å². The summed E-state index contributed by atoms with van der Waals surface area (Å²) in [7, 11) is 1.21. The van der Waals surface area contributed by atoms with Gasteiger partial charge in [-0.1, -0.05) is 6.07 Å². The van der Waals surface area contributed by atoms with Gasteiger partial charge in [0.05, 0.1) is 19.3 Å². The maximum absolute atomic E-state index is 14.6. The third-order valence-corrected chi connectivity index (χ3v) is 5.31. The van der Waals surface area contributed by atoms with Crippen LogP contribution in [0, 0.1) is 5.82 Å². The second-order valence-corrected chi connectivity index (χ2v) is 7.55. The number of rotatable bonds is 5. The topological polar surface area (TPSA) is 112 Å². The first-order chi connectivity index (χ1) is 17.1. The van der Waals surface area contributed by atoms with Crippen LogP contribution in [0.15, 0.2) is 54.9 Å². The summed E-state index contributed by atoms with van der Waals surface area (Å²) >= 11 is 0. The molecule has 36 heavy (non-hydrogen) atoms. The molecule has 1 aliphatic rings. The van der Waals surface area contributed by atoms with E-state index >= 15 is 0 Å². The summed E-state index contributed by atoms with van der Waals surface area (Å²) in [5, 5.41) is 5.25. The second-order valence-electron chi connectivity index (χ2n) is 7.55. The van der Waals surface area contributed by atoms with Crippen molar-refractivity contribution in [3.05, 3.63) is 77.5 Å². The second kappa shape index (κ2) is 9.68. The zero-order valence-electron chi connectivity index (χ0n) is 18.6. The molecule has 2 N–H and O–H groups in total. The number of benzene rings is 1. The van der Waals surface area contributed by atoms with Crippen molar-refractivity contribution in [2.24, 2.45) is 0 Å². The van der Waals surface area contributed by atoms with E-state index in [1.54, 1.807) is 12.1 Å². The Morgan fingerprint density at radius 3 is 2.61 bits per heavy atom. The molecule has 13 heteroatoms. The molecule has 0 fully saturated rings. The van der Waals surface area contributed by atoms with Crippen LogP contribution in [0.1, 0.15) is 28.0 Å².